The Kier molecular flexibility index (Phi) is 3.24. The van der Waals surface area contributed by atoms with Gasteiger partial charge in [0.15, 0.2) is 0 Å². The number of nitrogens with zero attached hydrogens (tertiary/aromatic N) is 2. The molecule has 3 fully saturated rings. The van der Waals surface area contributed by atoms with Gasteiger partial charge in [-0.2, -0.15) is 0 Å². The van der Waals surface area contributed by atoms with Crippen LogP contribution in [-0.4, -0.2) is 50.9 Å². The van der Waals surface area contributed by atoms with E-state index in [0.29, 0.717) is 11.7 Å². The van der Waals surface area contributed by atoms with Crippen LogP contribution in [-0.2, 0) is 14.5 Å². The fraction of sp³-hybridized carbons (Fsp3) is 0.688. The highest BCUT2D eigenvalue weighted by atomic mass is 32.2. The van der Waals surface area contributed by atoms with Gasteiger partial charge in [0.2, 0.25) is 5.91 Å². The average Bonchev–Trinajstić information content (AvgIpc) is 3.04. The molecule has 0 aromatic heterocycles. The van der Waals surface area contributed by atoms with Gasteiger partial charge in [-0.25, -0.2) is 9.20 Å². The minimum Gasteiger partial charge on any atom is -0.317 e. The molecular formula is C16H23N3O2S. The summed E-state index contributed by atoms with van der Waals surface area (Å²) in [7, 11) is -2.24. The van der Waals surface area contributed by atoms with Crippen LogP contribution in [0.25, 0.3) is 0 Å². The van der Waals surface area contributed by atoms with Crippen LogP contribution in [0, 0.1) is 11.8 Å². The summed E-state index contributed by atoms with van der Waals surface area (Å²) in [6.07, 6.45) is 3.96. The number of allylic oxidation sites excluding steroid dienone is 1. The van der Waals surface area contributed by atoms with Crippen molar-refractivity contribution in [3.63, 3.8) is 0 Å². The molecule has 120 valence electrons. The number of aliphatic imine (C=N–C) groups is 1. The Bertz CT molecular complexity index is 686. The van der Waals surface area contributed by atoms with Crippen molar-refractivity contribution in [2.45, 2.75) is 38.6 Å². The molecule has 6 heteroatoms. The summed E-state index contributed by atoms with van der Waals surface area (Å²) in [6.45, 7) is 3.55. The van der Waals surface area contributed by atoms with Crippen LogP contribution in [0.2, 0.25) is 0 Å². The molecule has 1 amide bonds. The molecule has 2 aliphatic carbocycles. The number of rotatable bonds is 3. The van der Waals surface area contributed by atoms with Crippen molar-refractivity contribution in [3.8, 4) is 0 Å². The Labute approximate surface area is 132 Å². The van der Waals surface area contributed by atoms with E-state index < -0.39 is 9.71 Å². The van der Waals surface area contributed by atoms with Gasteiger partial charge in [0.05, 0.1) is 12.0 Å². The number of hydrogen-bond acceptors (Lipinski definition) is 3. The van der Waals surface area contributed by atoms with Crippen molar-refractivity contribution in [2.24, 2.45) is 16.8 Å². The van der Waals surface area contributed by atoms with Crippen LogP contribution in [0.1, 0.15) is 32.6 Å². The highest BCUT2D eigenvalue weighted by Crippen LogP contribution is 2.59. The zero-order valence-electron chi connectivity index (χ0n) is 13.0. The molecule has 0 radical (unpaired) electrons. The Hall–Kier alpha value is -1.14. The number of carbonyl (C=O) groups excluding carboxylic acids is 1. The van der Waals surface area contributed by atoms with E-state index in [1.54, 1.807) is 0 Å². The molecule has 5 rings (SSSR count). The number of nitrogens with one attached hydrogen (secondary N) is 1. The fourth-order valence-electron chi connectivity index (χ4n) is 4.41. The summed E-state index contributed by atoms with van der Waals surface area (Å²) in [5, 5.41) is 3.35. The van der Waals surface area contributed by atoms with Gasteiger partial charge in [0.25, 0.3) is 0 Å². The van der Waals surface area contributed by atoms with Gasteiger partial charge in [-0.1, -0.05) is 0 Å². The smallest absolute Gasteiger partial charge is 0.242 e. The summed E-state index contributed by atoms with van der Waals surface area (Å²) in [4.78, 5) is 15.4. The van der Waals surface area contributed by atoms with Crippen LogP contribution in [0.4, 0.5) is 0 Å². The second-order valence-corrected chi connectivity index (χ2v) is 9.26. The van der Waals surface area contributed by atoms with Crippen LogP contribution in [0.15, 0.2) is 16.3 Å². The molecular weight excluding hydrogens is 298 g/mol. The van der Waals surface area contributed by atoms with Gasteiger partial charge < -0.3 is 5.32 Å². The third-order valence-corrected chi connectivity index (χ3v) is 7.49. The summed E-state index contributed by atoms with van der Waals surface area (Å²) in [5.74, 6) is 5.42. The van der Waals surface area contributed by atoms with Crippen molar-refractivity contribution in [2.75, 3.05) is 18.8 Å². The molecule has 2 saturated heterocycles. The van der Waals surface area contributed by atoms with Crippen molar-refractivity contribution in [1.29, 1.82) is 0 Å². The van der Waals surface area contributed by atoms with Crippen molar-refractivity contribution in [1.82, 2.24) is 9.62 Å². The van der Waals surface area contributed by atoms with Gasteiger partial charge in [-0.15, -0.1) is 0 Å². The van der Waals surface area contributed by atoms with E-state index in [0.717, 1.165) is 44.5 Å². The van der Waals surface area contributed by atoms with Crippen LogP contribution < -0.4 is 5.32 Å². The fourth-order valence-corrected chi connectivity index (χ4v) is 6.92. The van der Waals surface area contributed by atoms with Crippen molar-refractivity contribution >= 4 is 27.2 Å². The maximum Gasteiger partial charge on any atom is 0.242 e. The van der Waals surface area contributed by atoms with Gasteiger partial charge in [-0.05, 0) is 49.7 Å². The predicted molar refractivity (Wildman–Crippen MR) is 89.2 cm³/mol. The highest BCUT2D eigenvalue weighted by molar-refractivity contribution is 7.98. The Balaban J connectivity index is 1.51. The maximum atomic E-state index is 13.3. The van der Waals surface area contributed by atoms with E-state index in [1.807, 2.05) is 0 Å². The molecule has 5 nitrogen and oxygen atoms in total. The van der Waals surface area contributed by atoms with E-state index >= 15 is 0 Å². The molecule has 3 heterocycles. The second-order valence-electron chi connectivity index (χ2n) is 6.99. The first kappa shape index (κ1) is 14.5. The third kappa shape index (κ3) is 2.24. The SMILES string of the molecule is C=S(=O)(CC1CCNCC1)N1C2=C3C[C@H]1CC(=NC(C)=O)C32. The topological polar surface area (TPSA) is 61.8 Å². The molecule has 0 spiro atoms. The normalized spacial score (nSPS) is 35.0. The van der Waals surface area contributed by atoms with E-state index in [4.69, 9.17) is 0 Å². The second kappa shape index (κ2) is 4.93. The molecule has 1 N–H and O–H groups in total. The summed E-state index contributed by atoms with van der Waals surface area (Å²) in [6, 6.07) is 0.222. The van der Waals surface area contributed by atoms with Crippen LogP contribution in [0.3, 0.4) is 0 Å². The summed E-state index contributed by atoms with van der Waals surface area (Å²) in [5.41, 5.74) is 3.53. The van der Waals surface area contributed by atoms with E-state index in [2.05, 4.69) is 20.5 Å². The van der Waals surface area contributed by atoms with Gasteiger partial charge in [-0.3, -0.25) is 9.10 Å². The molecule has 4 bridgehead atoms. The molecule has 3 atom stereocenters. The maximum absolute atomic E-state index is 13.3. The number of piperidine rings is 3. The first-order valence-electron chi connectivity index (χ1n) is 8.13. The minimum atomic E-state index is -2.24. The number of carbonyl (C=O) groups is 1. The Morgan fingerprint density at radius 3 is 2.77 bits per heavy atom. The highest BCUT2D eigenvalue weighted by Gasteiger charge is 2.58. The molecule has 0 aromatic rings. The minimum absolute atomic E-state index is 0.125. The van der Waals surface area contributed by atoms with E-state index in [-0.39, 0.29) is 17.9 Å². The lowest BCUT2D eigenvalue weighted by atomic mass is 9.90. The van der Waals surface area contributed by atoms with Gasteiger partial charge in [0, 0.05) is 40.2 Å². The Morgan fingerprint density at radius 2 is 2.14 bits per heavy atom. The lowest BCUT2D eigenvalue weighted by molar-refractivity contribution is -0.115. The average molecular weight is 321 g/mol. The standard InChI is InChI=1S/C16H23N3O2S/c1-10(20)18-14-8-12-7-13-15(14)16(13)19(12)22(2,21)9-11-3-5-17-6-4-11/h11-12,15,17H,2-9H2,1H3/t12-,15?,22?/m0/s1. The molecule has 5 aliphatic rings. The zero-order valence-corrected chi connectivity index (χ0v) is 13.8. The van der Waals surface area contributed by atoms with Crippen LogP contribution >= 0.6 is 0 Å². The number of hydrogen-bond donors (Lipinski definition) is 1. The predicted octanol–water partition coefficient (Wildman–Crippen LogP) is 0.967. The van der Waals surface area contributed by atoms with E-state index in [1.165, 1.54) is 18.2 Å². The quantitative estimate of drug-likeness (QED) is 0.788. The number of amides is 1. The lowest BCUT2D eigenvalue weighted by Gasteiger charge is -2.40. The summed E-state index contributed by atoms with van der Waals surface area (Å²) >= 11 is 0. The molecule has 3 aliphatic heterocycles. The summed E-state index contributed by atoms with van der Waals surface area (Å²) < 4.78 is 15.4. The van der Waals surface area contributed by atoms with Crippen molar-refractivity contribution < 1.29 is 9.00 Å². The van der Waals surface area contributed by atoms with E-state index in [9.17, 15) is 9.00 Å². The molecule has 2 unspecified atom stereocenters. The molecule has 0 aromatic carbocycles. The molecule has 1 saturated carbocycles. The van der Waals surface area contributed by atoms with Gasteiger partial charge >= 0.3 is 0 Å². The van der Waals surface area contributed by atoms with Crippen LogP contribution in [0.5, 0.6) is 0 Å². The monoisotopic (exact) mass is 321 g/mol. The third-order valence-electron chi connectivity index (χ3n) is 5.28. The van der Waals surface area contributed by atoms with Gasteiger partial charge in [0.1, 0.15) is 0 Å². The largest absolute Gasteiger partial charge is 0.317 e. The lowest BCUT2D eigenvalue weighted by Crippen LogP contribution is -2.46. The first-order valence-corrected chi connectivity index (χ1v) is 9.98. The number of fused-ring (bicyclic) bond motifs is 1. The zero-order chi connectivity index (χ0) is 15.5. The van der Waals surface area contributed by atoms with Crippen molar-refractivity contribution in [3.05, 3.63) is 11.3 Å². The molecule has 22 heavy (non-hydrogen) atoms. The first-order chi connectivity index (χ1) is 10.5. The Morgan fingerprint density at radius 1 is 1.41 bits per heavy atom.